The molecule has 3 rings (SSSR count). The summed E-state index contributed by atoms with van der Waals surface area (Å²) in [6.45, 7) is 1.87. The first-order valence-corrected chi connectivity index (χ1v) is 9.24. The molecule has 0 spiro atoms. The van der Waals surface area contributed by atoms with Gasteiger partial charge in [0.25, 0.3) is 0 Å². The molecule has 0 atom stereocenters. The van der Waals surface area contributed by atoms with Crippen molar-refractivity contribution in [3.8, 4) is 17.2 Å². The average molecular weight is 548 g/mol. The molecule has 0 saturated carbocycles. The van der Waals surface area contributed by atoms with E-state index in [1.54, 1.807) is 7.11 Å². The fraction of sp³-hybridized carbons (Fsp3) is 0.316. The molecule has 0 aliphatic carbocycles. The quantitative estimate of drug-likeness (QED) is 0.333. The molecule has 146 valence electrons. The Bertz CT molecular complexity index is 802. The predicted molar refractivity (Wildman–Crippen MR) is 122 cm³/mol. The summed E-state index contributed by atoms with van der Waals surface area (Å²) < 4.78 is 17.7. The molecule has 0 saturated heterocycles. The molecule has 1 heterocycles. The number of hydrogen-bond donors (Lipinski definition) is 2. The third-order valence-electron chi connectivity index (χ3n) is 3.94. The van der Waals surface area contributed by atoms with E-state index in [2.05, 4.69) is 26.2 Å². The largest absolute Gasteiger partial charge is 0.495 e. The second-order valence-electron chi connectivity index (χ2n) is 5.79. The Kier molecular flexibility index (Phi) is 8.49. The number of para-hydroxylation sites is 1. The first-order chi connectivity index (χ1) is 12.7. The maximum atomic E-state index is 6.00. The number of guanidine groups is 1. The van der Waals surface area contributed by atoms with E-state index in [0.29, 0.717) is 25.7 Å². The molecule has 3 N–H and O–H groups in total. The van der Waals surface area contributed by atoms with Gasteiger partial charge in [-0.25, -0.2) is 0 Å². The fourth-order valence-corrected chi connectivity index (χ4v) is 3.27. The van der Waals surface area contributed by atoms with Crippen LogP contribution in [0.3, 0.4) is 0 Å². The van der Waals surface area contributed by atoms with Crippen molar-refractivity contribution in [2.24, 2.45) is 10.7 Å². The molecule has 6 nitrogen and oxygen atoms in total. The monoisotopic (exact) mass is 547 g/mol. The highest BCUT2D eigenvalue weighted by Gasteiger charge is 2.11. The highest BCUT2D eigenvalue weighted by Crippen LogP contribution is 2.32. The maximum absolute atomic E-state index is 6.00. The Morgan fingerprint density at radius 1 is 1.22 bits per heavy atom. The number of nitrogens with zero attached hydrogens (tertiary/aromatic N) is 1. The van der Waals surface area contributed by atoms with E-state index in [4.69, 9.17) is 19.9 Å². The molecule has 2 aromatic rings. The summed E-state index contributed by atoms with van der Waals surface area (Å²) >= 11 is 3.49. The molecule has 27 heavy (non-hydrogen) atoms. The van der Waals surface area contributed by atoms with Crippen LogP contribution in [-0.2, 0) is 6.42 Å². The fourth-order valence-electron chi connectivity index (χ4n) is 2.70. The van der Waals surface area contributed by atoms with Crippen molar-refractivity contribution < 1.29 is 14.2 Å². The van der Waals surface area contributed by atoms with Crippen molar-refractivity contribution in [1.29, 1.82) is 0 Å². The molecular formula is C19H23BrIN3O3. The Labute approximate surface area is 184 Å². The minimum atomic E-state index is 0. The summed E-state index contributed by atoms with van der Waals surface area (Å²) in [4.78, 5) is 4.39. The van der Waals surface area contributed by atoms with Crippen LogP contribution in [0.1, 0.15) is 12.0 Å². The lowest BCUT2D eigenvalue weighted by Crippen LogP contribution is -2.23. The second kappa shape index (κ2) is 10.6. The van der Waals surface area contributed by atoms with Gasteiger partial charge < -0.3 is 25.3 Å². The molecule has 0 unspecified atom stereocenters. The number of anilines is 1. The number of ether oxygens (including phenoxy) is 3. The first-order valence-electron chi connectivity index (χ1n) is 8.45. The molecule has 1 aliphatic rings. The average Bonchev–Trinajstić information content (AvgIpc) is 2.87. The predicted octanol–water partition coefficient (Wildman–Crippen LogP) is 4.21. The summed E-state index contributed by atoms with van der Waals surface area (Å²) in [5.74, 6) is 2.66. The molecule has 0 bridgehead atoms. The highest BCUT2D eigenvalue weighted by molar-refractivity contribution is 14.0. The van der Waals surface area contributed by atoms with Gasteiger partial charge in [-0.3, -0.25) is 4.99 Å². The van der Waals surface area contributed by atoms with Crippen LogP contribution in [0.2, 0.25) is 0 Å². The smallest absolute Gasteiger partial charge is 0.193 e. The van der Waals surface area contributed by atoms with Crippen molar-refractivity contribution in [1.82, 2.24) is 0 Å². The number of benzene rings is 2. The normalized spacial score (nSPS) is 13.3. The van der Waals surface area contributed by atoms with Crippen LogP contribution in [0.15, 0.2) is 45.9 Å². The van der Waals surface area contributed by atoms with Crippen LogP contribution in [0, 0.1) is 0 Å². The summed E-state index contributed by atoms with van der Waals surface area (Å²) in [6, 6.07) is 11.6. The molecule has 1 aliphatic heterocycles. The summed E-state index contributed by atoms with van der Waals surface area (Å²) in [7, 11) is 1.66. The van der Waals surface area contributed by atoms with Crippen LogP contribution in [0.25, 0.3) is 0 Å². The minimum Gasteiger partial charge on any atom is -0.495 e. The van der Waals surface area contributed by atoms with Crippen molar-refractivity contribution >= 4 is 51.6 Å². The van der Waals surface area contributed by atoms with Gasteiger partial charge >= 0.3 is 0 Å². The van der Waals surface area contributed by atoms with Crippen molar-refractivity contribution in [2.45, 2.75) is 12.8 Å². The zero-order chi connectivity index (χ0) is 18.4. The van der Waals surface area contributed by atoms with Gasteiger partial charge in [-0.15, -0.1) is 24.0 Å². The number of methoxy groups -OCH3 is 1. The van der Waals surface area contributed by atoms with E-state index in [9.17, 15) is 0 Å². The van der Waals surface area contributed by atoms with E-state index in [1.807, 2.05) is 36.4 Å². The topological polar surface area (TPSA) is 78.1 Å². The minimum absolute atomic E-state index is 0. The maximum Gasteiger partial charge on any atom is 0.193 e. The third-order valence-corrected chi connectivity index (χ3v) is 4.56. The van der Waals surface area contributed by atoms with Crippen LogP contribution >= 0.6 is 39.9 Å². The van der Waals surface area contributed by atoms with Gasteiger partial charge in [-0.05, 0) is 46.1 Å². The molecule has 2 aromatic carbocycles. The van der Waals surface area contributed by atoms with Gasteiger partial charge in [-0.2, -0.15) is 0 Å². The number of nitrogens with one attached hydrogen (secondary N) is 1. The van der Waals surface area contributed by atoms with E-state index >= 15 is 0 Å². The SMILES string of the molecule is COc1c(Br)cccc1CCN=C(N)Nc1ccc2c(c1)OCCCO2.I. The van der Waals surface area contributed by atoms with E-state index in [0.717, 1.165) is 45.8 Å². The lowest BCUT2D eigenvalue weighted by atomic mass is 10.1. The van der Waals surface area contributed by atoms with Gasteiger partial charge in [0.05, 0.1) is 24.8 Å². The Balaban J connectivity index is 0.00000261. The Hall–Kier alpha value is -1.68. The van der Waals surface area contributed by atoms with Gasteiger partial charge in [0.1, 0.15) is 5.75 Å². The van der Waals surface area contributed by atoms with Gasteiger partial charge in [0.15, 0.2) is 17.5 Å². The number of nitrogens with two attached hydrogens (primary N) is 1. The number of hydrogen-bond acceptors (Lipinski definition) is 4. The van der Waals surface area contributed by atoms with Crippen molar-refractivity contribution in [3.63, 3.8) is 0 Å². The number of fused-ring (bicyclic) bond motifs is 1. The lowest BCUT2D eigenvalue weighted by molar-refractivity contribution is 0.297. The van der Waals surface area contributed by atoms with Crippen LogP contribution < -0.4 is 25.3 Å². The summed E-state index contributed by atoms with van der Waals surface area (Å²) in [6.07, 6.45) is 1.60. The summed E-state index contributed by atoms with van der Waals surface area (Å²) in [5, 5.41) is 3.09. The van der Waals surface area contributed by atoms with Gasteiger partial charge in [-0.1, -0.05) is 12.1 Å². The highest BCUT2D eigenvalue weighted by atomic mass is 127. The molecular weight excluding hydrogens is 525 g/mol. The van der Waals surface area contributed by atoms with E-state index < -0.39 is 0 Å². The number of aliphatic imine (C=N–C) groups is 1. The summed E-state index contributed by atoms with van der Waals surface area (Å²) in [5.41, 5.74) is 7.90. The molecule has 0 aromatic heterocycles. The molecule has 8 heteroatoms. The lowest BCUT2D eigenvalue weighted by Gasteiger charge is -2.11. The van der Waals surface area contributed by atoms with Crippen LogP contribution in [-0.4, -0.2) is 32.8 Å². The zero-order valence-electron chi connectivity index (χ0n) is 15.0. The van der Waals surface area contributed by atoms with Crippen LogP contribution in [0.4, 0.5) is 5.69 Å². The van der Waals surface area contributed by atoms with Gasteiger partial charge in [0, 0.05) is 24.7 Å². The first kappa shape index (κ1) is 21.6. The van der Waals surface area contributed by atoms with E-state index in [1.165, 1.54) is 0 Å². The standard InChI is InChI=1S/C19H22BrN3O3.HI/c1-24-18-13(4-2-5-15(18)20)8-9-22-19(21)23-14-6-7-16-17(12-14)26-11-3-10-25-16;/h2,4-7,12H,3,8-11H2,1H3,(H3,21,22,23);1H. The van der Waals surface area contributed by atoms with Crippen molar-refractivity contribution in [3.05, 3.63) is 46.4 Å². The van der Waals surface area contributed by atoms with Crippen LogP contribution in [0.5, 0.6) is 17.2 Å². The van der Waals surface area contributed by atoms with Crippen molar-refractivity contribution in [2.75, 3.05) is 32.2 Å². The van der Waals surface area contributed by atoms with E-state index in [-0.39, 0.29) is 24.0 Å². The molecule has 0 fully saturated rings. The zero-order valence-corrected chi connectivity index (χ0v) is 19.0. The molecule has 0 radical (unpaired) electrons. The second-order valence-corrected chi connectivity index (χ2v) is 6.64. The third kappa shape index (κ3) is 5.90. The van der Waals surface area contributed by atoms with Gasteiger partial charge in [0.2, 0.25) is 0 Å². The number of halogens is 2. The Morgan fingerprint density at radius 3 is 2.78 bits per heavy atom. The molecule has 0 amide bonds. The number of rotatable bonds is 5. The Morgan fingerprint density at radius 2 is 2.00 bits per heavy atom.